The summed E-state index contributed by atoms with van der Waals surface area (Å²) < 4.78 is 18.5. The summed E-state index contributed by atoms with van der Waals surface area (Å²) in [6.45, 7) is 3.06. The summed E-state index contributed by atoms with van der Waals surface area (Å²) >= 11 is 1.66. The standard InChI is InChI=1S/C36H38N2O6S/c1-23(42-24(2)40)35(41)38-20-25-12-18-29(19-13-25)36-43-31(22-45-32-11-7-6-10-30(32)37)33(27-8-4-3-5-9-27)34(44-36)28-16-14-26(21-39)15-17-28/h3-19,23,31,33-34,36,39H,20-22,37H2,1-2H3,(H,38,41). The number of rotatable bonds is 11. The Hall–Kier alpha value is -4.15. The molecule has 4 aromatic rings. The molecule has 9 heteroatoms. The highest BCUT2D eigenvalue weighted by atomic mass is 32.2. The maximum atomic E-state index is 12.3. The first-order chi connectivity index (χ1) is 21.8. The highest BCUT2D eigenvalue weighted by Gasteiger charge is 2.42. The van der Waals surface area contributed by atoms with Crippen LogP contribution in [0.5, 0.6) is 0 Å². The second-order valence-electron chi connectivity index (χ2n) is 11.0. The van der Waals surface area contributed by atoms with E-state index in [4.69, 9.17) is 19.9 Å². The Balaban J connectivity index is 1.41. The third kappa shape index (κ3) is 8.32. The number of ether oxygens (including phenoxy) is 3. The fourth-order valence-corrected chi connectivity index (χ4v) is 6.40. The third-order valence-electron chi connectivity index (χ3n) is 7.72. The molecule has 234 valence electrons. The normalized spacial score (nSPS) is 20.2. The number of nitrogens with two attached hydrogens (primary N) is 1. The van der Waals surface area contributed by atoms with Crippen LogP contribution in [0.1, 0.15) is 60.0 Å². The van der Waals surface area contributed by atoms with Gasteiger partial charge in [-0.3, -0.25) is 9.59 Å². The van der Waals surface area contributed by atoms with Gasteiger partial charge in [0, 0.05) is 41.3 Å². The highest BCUT2D eigenvalue weighted by Crippen LogP contribution is 2.48. The first-order valence-electron chi connectivity index (χ1n) is 14.9. The number of esters is 1. The van der Waals surface area contributed by atoms with Gasteiger partial charge in [-0.05, 0) is 41.3 Å². The number of hydrogen-bond acceptors (Lipinski definition) is 8. The topological polar surface area (TPSA) is 120 Å². The first-order valence-corrected chi connectivity index (χ1v) is 15.9. The molecule has 45 heavy (non-hydrogen) atoms. The molecule has 5 unspecified atom stereocenters. The van der Waals surface area contributed by atoms with Gasteiger partial charge in [-0.1, -0.05) is 91.0 Å². The molecule has 4 N–H and O–H groups in total. The smallest absolute Gasteiger partial charge is 0.303 e. The Morgan fingerprint density at radius 3 is 2.18 bits per heavy atom. The van der Waals surface area contributed by atoms with Gasteiger partial charge in [0.15, 0.2) is 12.4 Å². The minimum atomic E-state index is -0.868. The molecule has 0 bridgehead atoms. The number of hydrogen-bond donors (Lipinski definition) is 3. The molecule has 0 radical (unpaired) electrons. The van der Waals surface area contributed by atoms with Crippen molar-refractivity contribution in [2.75, 3.05) is 11.5 Å². The molecule has 0 spiro atoms. The van der Waals surface area contributed by atoms with Crippen molar-refractivity contribution in [2.24, 2.45) is 0 Å². The fraction of sp³-hybridized carbons (Fsp3) is 0.278. The van der Waals surface area contributed by atoms with Crippen LogP contribution in [0, 0.1) is 0 Å². The molecule has 5 rings (SSSR count). The van der Waals surface area contributed by atoms with E-state index in [1.54, 1.807) is 11.8 Å². The second-order valence-corrected chi connectivity index (χ2v) is 12.0. The summed E-state index contributed by atoms with van der Waals surface area (Å²) in [6.07, 6.45) is -2.09. The van der Waals surface area contributed by atoms with E-state index in [-0.39, 0.29) is 37.2 Å². The Labute approximate surface area is 267 Å². The van der Waals surface area contributed by atoms with Gasteiger partial charge < -0.3 is 30.4 Å². The van der Waals surface area contributed by atoms with E-state index < -0.39 is 18.4 Å². The van der Waals surface area contributed by atoms with Gasteiger partial charge >= 0.3 is 5.97 Å². The largest absolute Gasteiger partial charge is 0.453 e. The molecule has 1 aliphatic rings. The van der Waals surface area contributed by atoms with E-state index in [1.807, 2.05) is 91.0 Å². The number of aliphatic hydroxyl groups is 1. The molecule has 1 amide bonds. The van der Waals surface area contributed by atoms with Gasteiger partial charge in [-0.2, -0.15) is 0 Å². The molecule has 8 nitrogen and oxygen atoms in total. The van der Waals surface area contributed by atoms with Crippen LogP contribution in [0.3, 0.4) is 0 Å². The van der Waals surface area contributed by atoms with E-state index in [2.05, 4.69) is 17.4 Å². The molecule has 0 aliphatic carbocycles. The molecule has 5 atom stereocenters. The van der Waals surface area contributed by atoms with Crippen LogP contribution < -0.4 is 11.1 Å². The van der Waals surface area contributed by atoms with Gasteiger partial charge in [0.05, 0.1) is 18.8 Å². The lowest BCUT2D eigenvalue weighted by Crippen LogP contribution is -2.38. The monoisotopic (exact) mass is 626 g/mol. The second kappa shape index (κ2) is 15.2. The van der Waals surface area contributed by atoms with Gasteiger partial charge in [0.1, 0.15) is 0 Å². The molecule has 1 fully saturated rings. The number of amides is 1. The third-order valence-corrected chi connectivity index (χ3v) is 8.90. The number of nitrogen functional groups attached to an aromatic ring is 1. The van der Waals surface area contributed by atoms with E-state index in [9.17, 15) is 14.7 Å². The maximum absolute atomic E-state index is 12.3. The number of para-hydroxylation sites is 1. The zero-order chi connectivity index (χ0) is 31.8. The van der Waals surface area contributed by atoms with Crippen LogP contribution in [0.4, 0.5) is 5.69 Å². The van der Waals surface area contributed by atoms with Crippen molar-refractivity contribution in [1.82, 2.24) is 5.32 Å². The van der Waals surface area contributed by atoms with E-state index in [0.717, 1.165) is 38.4 Å². The van der Waals surface area contributed by atoms with Gasteiger partial charge in [-0.15, -0.1) is 11.8 Å². The number of carbonyl (C=O) groups is 2. The average Bonchev–Trinajstić information content (AvgIpc) is 3.06. The Bertz CT molecular complexity index is 1560. The molecule has 0 saturated carbocycles. The molecule has 1 saturated heterocycles. The summed E-state index contributed by atoms with van der Waals surface area (Å²) in [5.74, 6) is -0.345. The lowest BCUT2D eigenvalue weighted by molar-refractivity contribution is -0.255. The van der Waals surface area contributed by atoms with Crippen LogP contribution in [-0.4, -0.2) is 34.9 Å². The Morgan fingerprint density at radius 2 is 1.51 bits per heavy atom. The number of anilines is 1. The van der Waals surface area contributed by atoms with Crippen LogP contribution in [-0.2, 0) is 37.0 Å². The number of aliphatic hydroxyl groups excluding tert-OH is 1. The van der Waals surface area contributed by atoms with Gasteiger partial charge in [-0.25, -0.2) is 0 Å². The van der Waals surface area contributed by atoms with E-state index >= 15 is 0 Å². The Morgan fingerprint density at radius 1 is 0.867 bits per heavy atom. The molecular weight excluding hydrogens is 588 g/mol. The molecule has 0 aromatic heterocycles. The van der Waals surface area contributed by atoms with E-state index in [0.29, 0.717) is 5.75 Å². The minimum absolute atomic E-state index is 0.0348. The first kappa shape index (κ1) is 32.2. The van der Waals surface area contributed by atoms with Crippen LogP contribution in [0.15, 0.2) is 108 Å². The number of nitrogens with one attached hydrogen (secondary N) is 1. The van der Waals surface area contributed by atoms with Crippen LogP contribution in [0.25, 0.3) is 0 Å². The van der Waals surface area contributed by atoms with Crippen molar-refractivity contribution in [2.45, 2.75) is 62.4 Å². The van der Waals surface area contributed by atoms with Crippen LogP contribution in [0.2, 0.25) is 0 Å². The lowest BCUT2D eigenvalue weighted by atomic mass is 9.84. The van der Waals surface area contributed by atoms with E-state index in [1.165, 1.54) is 13.8 Å². The summed E-state index contributed by atoms with van der Waals surface area (Å²) in [7, 11) is 0. The zero-order valence-electron chi connectivity index (χ0n) is 25.3. The maximum Gasteiger partial charge on any atom is 0.303 e. The summed E-state index contributed by atoms with van der Waals surface area (Å²) in [5.41, 5.74) is 11.7. The summed E-state index contributed by atoms with van der Waals surface area (Å²) in [4.78, 5) is 24.5. The predicted octanol–water partition coefficient (Wildman–Crippen LogP) is 6.06. The van der Waals surface area contributed by atoms with Gasteiger partial charge in [0.2, 0.25) is 0 Å². The van der Waals surface area contributed by atoms with Crippen LogP contribution >= 0.6 is 11.8 Å². The molecule has 1 aliphatic heterocycles. The lowest BCUT2D eigenvalue weighted by Gasteiger charge is -2.43. The number of thioether (sulfide) groups is 1. The summed E-state index contributed by atoms with van der Waals surface area (Å²) in [6, 6.07) is 33.7. The Kier molecular flexibility index (Phi) is 10.9. The van der Waals surface area contributed by atoms with Crippen molar-refractivity contribution in [3.05, 3.63) is 131 Å². The molecular formula is C36H38N2O6S. The summed E-state index contributed by atoms with van der Waals surface area (Å²) in [5, 5.41) is 12.4. The minimum Gasteiger partial charge on any atom is -0.453 e. The molecule has 4 aromatic carbocycles. The average molecular weight is 627 g/mol. The number of benzene rings is 4. The predicted molar refractivity (Wildman–Crippen MR) is 174 cm³/mol. The highest BCUT2D eigenvalue weighted by molar-refractivity contribution is 7.99. The van der Waals surface area contributed by atoms with Gasteiger partial charge in [0.25, 0.3) is 5.91 Å². The fourth-order valence-electron chi connectivity index (χ4n) is 5.36. The van der Waals surface area contributed by atoms with Crippen molar-refractivity contribution in [3.8, 4) is 0 Å². The van der Waals surface area contributed by atoms with Crippen molar-refractivity contribution in [3.63, 3.8) is 0 Å². The molecule has 1 heterocycles. The quantitative estimate of drug-likeness (QED) is 0.104. The SMILES string of the molecule is CC(=O)OC(C)C(=O)NCc1ccc(C2OC(CSc3ccccc3N)C(c3ccccc3)C(c3ccc(CO)cc3)O2)cc1. The zero-order valence-corrected chi connectivity index (χ0v) is 26.1. The van der Waals surface area contributed by atoms with Crippen molar-refractivity contribution >= 4 is 29.3 Å². The van der Waals surface area contributed by atoms with Crippen molar-refractivity contribution in [1.29, 1.82) is 0 Å². The number of carbonyl (C=O) groups excluding carboxylic acids is 2. The van der Waals surface area contributed by atoms with Crippen molar-refractivity contribution < 1.29 is 28.9 Å².